The number of rotatable bonds is 3. The fourth-order valence-electron chi connectivity index (χ4n) is 5.29. The number of pyridine rings is 1. The fraction of sp³-hybridized carbons (Fsp3) is 0.333. The first-order valence-corrected chi connectivity index (χ1v) is 13.1. The molecule has 2 saturated heterocycles. The van der Waals surface area contributed by atoms with Crippen LogP contribution >= 0.6 is 23.1 Å². The Labute approximate surface area is 203 Å². The first-order chi connectivity index (χ1) is 16.5. The Morgan fingerprint density at radius 1 is 1.03 bits per heavy atom. The molecular formula is C24H22N4O4S2. The lowest BCUT2D eigenvalue weighted by molar-refractivity contribution is -0.132. The van der Waals surface area contributed by atoms with Crippen LogP contribution in [0.1, 0.15) is 23.2 Å². The molecule has 10 heteroatoms. The predicted octanol–water partition coefficient (Wildman–Crippen LogP) is 2.62. The number of carbonyl (C=O) groups is 3. The minimum absolute atomic E-state index is 0.00948. The molecule has 5 heterocycles. The van der Waals surface area contributed by atoms with Gasteiger partial charge in [0.25, 0.3) is 11.5 Å². The van der Waals surface area contributed by atoms with Gasteiger partial charge in [-0.2, -0.15) is 0 Å². The van der Waals surface area contributed by atoms with Crippen LogP contribution in [0.15, 0.2) is 51.6 Å². The number of benzene rings is 1. The summed E-state index contributed by atoms with van der Waals surface area (Å²) in [6.07, 6.45) is 3.15. The number of hydrogen-bond donors (Lipinski definition) is 1. The molecule has 8 nitrogen and oxygen atoms in total. The van der Waals surface area contributed by atoms with Gasteiger partial charge in [0.2, 0.25) is 11.8 Å². The predicted molar refractivity (Wildman–Crippen MR) is 131 cm³/mol. The van der Waals surface area contributed by atoms with Gasteiger partial charge in [-0.15, -0.1) is 23.1 Å². The Bertz CT molecular complexity index is 1400. The topological polar surface area (TPSA) is 91.7 Å². The zero-order valence-electron chi connectivity index (χ0n) is 18.2. The third kappa shape index (κ3) is 3.52. The Balaban J connectivity index is 1.17. The highest BCUT2D eigenvalue weighted by atomic mass is 32.2. The number of nitrogens with one attached hydrogen (secondary N) is 1. The zero-order valence-corrected chi connectivity index (χ0v) is 19.9. The lowest BCUT2D eigenvalue weighted by Crippen LogP contribution is -2.43. The maximum Gasteiger partial charge on any atom is 0.259 e. The van der Waals surface area contributed by atoms with Crippen LogP contribution in [0.25, 0.3) is 10.1 Å². The Kier molecular flexibility index (Phi) is 5.22. The molecule has 2 atom stereocenters. The molecule has 0 radical (unpaired) electrons. The van der Waals surface area contributed by atoms with Gasteiger partial charge in [0, 0.05) is 34.4 Å². The average molecular weight is 495 g/mol. The summed E-state index contributed by atoms with van der Waals surface area (Å²) in [6.45, 7) is 1.19. The van der Waals surface area contributed by atoms with Crippen LogP contribution in [0, 0.1) is 0 Å². The van der Waals surface area contributed by atoms with Gasteiger partial charge in [-0.25, -0.2) is 0 Å². The van der Waals surface area contributed by atoms with Crippen molar-refractivity contribution < 1.29 is 14.4 Å². The molecule has 6 rings (SSSR count). The summed E-state index contributed by atoms with van der Waals surface area (Å²) < 4.78 is 2.40. The molecule has 1 N–H and O–H groups in total. The van der Waals surface area contributed by atoms with E-state index in [-0.39, 0.29) is 41.9 Å². The summed E-state index contributed by atoms with van der Waals surface area (Å²) in [5.74, 6) is 0.186. The molecular weight excluding hydrogens is 472 g/mol. The highest BCUT2D eigenvalue weighted by Crippen LogP contribution is 2.35. The van der Waals surface area contributed by atoms with Gasteiger partial charge in [-0.05, 0) is 48.6 Å². The quantitative estimate of drug-likeness (QED) is 0.605. The number of hydrogen-bond acceptors (Lipinski definition) is 6. The van der Waals surface area contributed by atoms with Crippen LogP contribution in [0.5, 0.6) is 0 Å². The van der Waals surface area contributed by atoms with Crippen molar-refractivity contribution >= 4 is 56.6 Å². The van der Waals surface area contributed by atoms with E-state index in [1.807, 2.05) is 27.3 Å². The molecule has 34 heavy (non-hydrogen) atoms. The van der Waals surface area contributed by atoms with Crippen molar-refractivity contribution in [3.8, 4) is 0 Å². The minimum Gasteiger partial charge on any atom is -0.336 e. The first kappa shape index (κ1) is 21.4. The molecule has 3 aliphatic rings. The van der Waals surface area contributed by atoms with E-state index in [1.54, 1.807) is 24.4 Å². The Hall–Kier alpha value is -3.11. The maximum atomic E-state index is 13.3. The monoisotopic (exact) mass is 494 g/mol. The van der Waals surface area contributed by atoms with Crippen molar-refractivity contribution in [1.82, 2.24) is 14.4 Å². The van der Waals surface area contributed by atoms with Crippen molar-refractivity contribution in [2.24, 2.45) is 0 Å². The second-order valence-corrected chi connectivity index (χ2v) is 10.8. The van der Waals surface area contributed by atoms with Gasteiger partial charge in [0.1, 0.15) is 6.54 Å². The Morgan fingerprint density at radius 3 is 2.68 bits per heavy atom. The number of aromatic nitrogens is 1. The van der Waals surface area contributed by atoms with Gasteiger partial charge in [0.15, 0.2) is 0 Å². The van der Waals surface area contributed by atoms with Crippen molar-refractivity contribution in [1.29, 1.82) is 0 Å². The molecule has 174 valence electrons. The molecule has 3 aliphatic heterocycles. The van der Waals surface area contributed by atoms with Crippen LogP contribution in [0.3, 0.4) is 0 Å². The van der Waals surface area contributed by atoms with Gasteiger partial charge < -0.3 is 19.7 Å². The molecule has 0 bridgehead atoms. The summed E-state index contributed by atoms with van der Waals surface area (Å²) in [5.41, 5.74) is 1.20. The smallest absolute Gasteiger partial charge is 0.259 e. The van der Waals surface area contributed by atoms with E-state index in [9.17, 15) is 19.2 Å². The normalized spacial score (nSPS) is 21.5. The number of fused-ring (bicyclic) bond motifs is 3. The van der Waals surface area contributed by atoms with Crippen LogP contribution in [0.4, 0.5) is 5.69 Å². The van der Waals surface area contributed by atoms with Gasteiger partial charge in [-0.1, -0.05) is 0 Å². The largest absolute Gasteiger partial charge is 0.336 e. The highest BCUT2D eigenvalue weighted by molar-refractivity contribution is 8.00. The molecule has 0 aliphatic carbocycles. The minimum atomic E-state index is -0.146. The van der Waals surface area contributed by atoms with Crippen molar-refractivity contribution in [3.05, 3.63) is 57.8 Å². The van der Waals surface area contributed by atoms with Crippen molar-refractivity contribution in [2.75, 3.05) is 24.2 Å². The van der Waals surface area contributed by atoms with E-state index in [2.05, 4.69) is 5.32 Å². The van der Waals surface area contributed by atoms with Gasteiger partial charge >= 0.3 is 0 Å². The third-order valence-corrected chi connectivity index (χ3v) is 8.85. The lowest BCUT2D eigenvalue weighted by Gasteiger charge is -2.26. The highest BCUT2D eigenvalue weighted by Gasteiger charge is 2.46. The van der Waals surface area contributed by atoms with Crippen LogP contribution < -0.4 is 10.9 Å². The van der Waals surface area contributed by atoms with Crippen molar-refractivity contribution in [2.45, 2.75) is 36.4 Å². The SMILES string of the molecule is O=C1CSc2cc(C(=O)N3CC[C@H]4[C@@H]3CCN4C(=O)Cn3ccc4sccc4c3=O)ccc2N1. The number of thiophene rings is 1. The second kappa shape index (κ2) is 8.28. The molecule has 0 unspecified atom stereocenters. The number of carbonyl (C=O) groups excluding carboxylic acids is 3. The van der Waals surface area contributed by atoms with Crippen LogP contribution in [0.2, 0.25) is 0 Å². The average Bonchev–Trinajstić information content (AvgIpc) is 3.56. The van der Waals surface area contributed by atoms with Crippen molar-refractivity contribution in [3.63, 3.8) is 0 Å². The Morgan fingerprint density at radius 2 is 1.82 bits per heavy atom. The van der Waals surface area contributed by atoms with E-state index in [4.69, 9.17) is 0 Å². The van der Waals surface area contributed by atoms with Gasteiger partial charge in [-0.3, -0.25) is 19.2 Å². The van der Waals surface area contributed by atoms with E-state index >= 15 is 0 Å². The number of nitrogens with zero attached hydrogens (tertiary/aromatic N) is 3. The zero-order chi connectivity index (χ0) is 23.4. The molecule has 2 aromatic heterocycles. The number of thioether (sulfide) groups is 1. The summed E-state index contributed by atoms with van der Waals surface area (Å²) in [6, 6.07) is 9.01. The molecule has 0 saturated carbocycles. The number of amides is 3. The lowest BCUT2D eigenvalue weighted by atomic mass is 10.1. The summed E-state index contributed by atoms with van der Waals surface area (Å²) in [4.78, 5) is 55.4. The summed E-state index contributed by atoms with van der Waals surface area (Å²) in [5, 5.41) is 5.35. The van der Waals surface area contributed by atoms with E-state index < -0.39 is 0 Å². The van der Waals surface area contributed by atoms with E-state index in [1.165, 1.54) is 27.7 Å². The number of anilines is 1. The molecule has 3 amide bonds. The molecule has 2 fully saturated rings. The van der Waals surface area contributed by atoms with E-state index in [0.717, 1.165) is 28.1 Å². The van der Waals surface area contributed by atoms with E-state index in [0.29, 0.717) is 29.8 Å². The molecule has 3 aromatic rings. The maximum absolute atomic E-state index is 13.3. The fourth-order valence-corrected chi connectivity index (χ4v) is 6.91. The summed E-state index contributed by atoms with van der Waals surface area (Å²) >= 11 is 2.94. The molecule has 0 spiro atoms. The third-order valence-electron chi connectivity index (χ3n) is 6.92. The summed E-state index contributed by atoms with van der Waals surface area (Å²) in [7, 11) is 0. The van der Waals surface area contributed by atoms with Crippen LogP contribution in [-0.4, -0.2) is 63.0 Å². The van der Waals surface area contributed by atoms with Gasteiger partial charge in [0.05, 0.1) is 28.9 Å². The standard InChI is InChI=1S/C24H22N4O4S2/c29-21-13-34-20-11-14(1-2-16(20)25-21)23(31)28-9-4-17-18(28)3-8-27(17)22(30)12-26-7-5-19-15(24(26)32)6-10-33-19/h1-2,5-7,10-11,17-18H,3-4,8-9,12-13H2,(H,25,29)/t17-,18-/m0/s1. The molecule has 1 aromatic carbocycles. The first-order valence-electron chi connectivity index (χ1n) is 11.2. The van der Waals surface area contributed by atoms with Crippen LogP contribution in [-0.2, 0) is 16.1 Å². The second-order valence-electron chi connectivity index (χ2n) is 8.79. The number of likely N-dealkylation sites (tertiary alicyclic amines) is 2.